The molecule has 72 valence electrons. The standard InChI is InChI=1S/C10H6BrClOS/c11-4-6-1-2-9(12)8-3-7(5-13)14-10(6)8/h1-3,5H,4H2. The maximum Gasteiger partial charge on any atom is 0.160 e. The number of carbonyl (C=O) groups excluding carboxylic acids is 1. The molecule has 0 spiro atoms. The molecule has 4 heteroatoms. The van der Waals surface area contributed by atoms with Crippen molar-refractivity contribution in [2.45, 2.75) is 5.33 Å². The van der Waals surface area contributed by atoms with Gasteiger partial charge in [-0.15, -0.1) is 11.3 Å². The average Bonchev–Trinajstić information content (AvgIpc) is 2.63. The smallest absolute Gasteiger partial charge is 0.160 e. The highest BCUT2D eigenvalue weighted by Crippen LogP contribution is 2.34. The van der Waals surface area contributed by atoms with Gasteiger partial charge >= 0.3 is 0 Å². The van der Waals surface area contributed by atoms with Gasteiger partial charge in [-0.25, -0.2) is 0 Å². The molecular weight excluding hydrogens is 284 g/mol. The number of hydrogen-bond donors (Lipinski definition) is 0. The molecule has 0 saturated carbocycles. The number of alkyl halides is 1. The lowest BCUT2D eigenvalue weighted by Gasteiger charge is -1.98. The molecule has 1 aromatic heterocycles. The van der Waals surface area contributed by atoms with Gasteiger partial charge in [0.1, 0.15) is 0 Å². The summed E-state index contributed by atoms with van der Waals surface area (Å²) in [5.41, 5.74) is 1.17. The van der Waals surface area contributed by atoms with Crippen LogP contribution in [0.1, 0.15) is 15.2 Å². The topological polar surface area (TPSA) is 17.1 Å². The van der Waals surface area contributed by atoms with E-state index in [1.807, 2.05) is 18.2 Å². The number of benzene rings is 1. The van der Waals surface area contributed by atoms with E-state index in [9.17, 15) is 4.79 Å². The van der Waals surface area contributed by atoms with Crippen LogP contribution in [-0.2, 0) is 5.33 Å². The molecule has 1 nitrogen and oxygen atoms in total. The monoisotopic (exact) mass is 288 g/mol. The van der Waals surface area contributed by atoms with Gasteiger partial charge in [0, 0.05) is 20.4 Å². The first-order chi connectivity index (χ1) is 6.76. The van der Waals surface area contributed by atoms with Gasteiger partial charge < -0.3 is 0 Å². The van der Waals surface area contributed by atoms with Gasteiger partial charge in [-0.2, -0.15) is 0 Å². The third-order valence-corrected chi connectivity index (χ3v) is 4.06. The third kappa shape index (κ3) is 1.60. The van der Waals surface area contributed by atoms with E-state index in [1.165, 1.54) is 16.9 Å². The Balaban J connectivity index is 2.81. The first-order valence-electron chi connectivity index (χ1n) is 3.98. The molecule has 0 atom stereocenters. The van der Waals surface area contributed by atoms with Gasteiger partial charge in [-0.3, -0.25) is 4.79 Å². The van der Waals surface area contributed by atoms with Crippen LogP contribution in [0, 0.1) is 0 Å². The van der Waals surface area contributed by atoms with Gasteiger partial charge in [0.05, 0.1) is 4.88 Å². The van der Waals surface area contributed by atoms with Crippen molar-refractivity contribution in [1.82, 2.24) is 0 Å². The van der Waals surface area contributed by atoms with Crippen LogP contribution in [0.25, 0.3) is 10.1 Å². The molecule has 0 aliphatic carbocycles. The molecule has 14 heavy (non-hydrogen) atoms. The van der Waals surface area contributed by atoms with Gasteiger partial charge in [0.2, 0.25) is 0 Å². The molecule has 1 aromatic carbocycles. The lowest BCUT2D eigenvalue weighted by Crippen LogP contribution is -1.76. The Morgan fingerprint density at radius 3 is 2.93 bits per heavy atom. The van der Waals surface area contributed by atoms with Crippen LogP contribution < -0.4 is 0 Å². The zero-order valence-corrected chi connectivity index (χ0v) is 10.2. The normalized spacial score (nSPS) is 10.7. The van der Waals surface area contributed by atoms with Crippen LogP contribution in [-0.4, -0.2) is 6.29 Å². The predicted octanol–water partition coefficient (Wildman–Crippen LogP) is 4.26. The van der Waals surface area contributed by atoms with Crippen LogP contribution in [0.4, 0.5) is 0 Å². The second-order valence-corrected chi connectivity index (χ2v) is 4.90. The SMILES string of the molecule is O=Cc1cc2c(Cl)ccc(CBr)c2s1. The van der Waals surface area contributed by atoms with E-state index in [4.69, 9.17) is 11.6 Å². The minimum Gasteiger partial charge on any atom is -0.297 e. The number of aldehydes is 1. The van der Waals surface area contributed by atoms with Crippen molar-refractivity contribution >= 4 is 55.2 Å². The molecule has 1 heterocycles. The van der Waals surface area contributed by atoms with Crippen LogP contribution in [0.5, 0.6) is 0 Å². The van der Waals surface area contributed by atoms with E-state index in [2.05, 4.69) is 15.9 Å². The predicted molar refractivity (Wildman–Crippen MR) is 64.9 cm³/mol. The Morgan fingerprint density at radius 2 is 2.29 bits per heavy atom. The van der Waals surface area contributed by atoms with E-state index in [0.29, 0.717) is 5.02 Å². The number of thiophene rings is 1. The molecule has 0 N–H and O–H groups in total. The number of fused-ring (bicyclic) bond motifs is 1. The minimum absolute atomic E-state index is 0.703. The van der Waals surface area contributed by atoms with E-state index >= 15 is 0 Å². The largest absolute Gasteiger partial charge is 0.297 e. The summed E-state index contributed by atoms with van der Waals surface area (Å²) in [6.07, 6.45) is 0.860. The number of hydrogen-bond acceptors (Lipinski definition) is 2. The summed E-state index contributed by atoms with van der Waals surface area (Å²) in [5, 5.41) is 2.45. The van der Waals surface area contributed by atoms with Gasteiger partial charge in [0.25, 0.3) is 0 Å². The highest BCUT2D eigenvalue weighted by atomic mass is 79.9. The second-order valence-electron chi connectivity index (χ2n) is 2.85. The van der Waals surface area contributed by atoms with Gasteiger partial charge in [0.15, 0.2) is 6.29 Å². The van der Waals surface area contributed by atoms with E-state index in [-0.39, 0.29) is 0 Å². The van der Waals surface area contributed by atoms with Crippen LogP contribution in [0.15, 0.2) is 18.2 Å². The Labute approximate surface area is 98.8 Å². The molecule has 2 rings (SSSR count). The molecule has 0 unspecified atom stereocenters. The molecule has 0 amide bonds. The van der Waals surface area contributed by atoms with E-state index < -0.39 is 0 Å². The van der Waals surface area contributed by atoms with Crippen molar-refractivity contribution in [1.29, 1.82) is 0 Å². The van der Waals surface area contributed by atoms with Crippen molar-refractivity contribution < 1.29 is 4.79 Å². The summed E-state index contributed by atoms with van der Waals surface area (Å²) < 4.78 is 1.09. The lowest BCUT2D eigenvalue weighted by molar-refractivity contribution is 0.112. The van der Waals surface area contributed by atoms with Crippen molar-refractivity contribution in [3.05, 3.63) is 33.7 Å². The highest BCUT2D eigenvalue weighted by Gasteiger charge is 2.08. The molecule has 0 fully saturated rings. The van der Waals surface area contributed by atoms with Crippen LogP contribution in [0.2, 0.25) is 5.02 Å². The van der Waals surface area contributed by atoms with Crippen molar-refractivity contribution in [2.75, 3.05) is 0 Å². The van der Waals surface area contributed by atoms with Crippen LogP contribution in [0.3, 0.4) is 0 Å². The van der Waals surface area contributed by atoms with Gasteiger partial charge in [-0.1, -0.05) is 33.6 Å². The summed E-state index contributed by atoms with van der Waals surface area (Å²) >= 11 is 10.9. The second kappa shape index (κ2) is 4.01. The fourth-order valence-corrected chi connectivity index (χ4v) is 3.26. The number of carbonyl (C=O) groups is 1. The van der Waals surface area contributed by atoms with Gasteiger partial charge in [-0.05, 0) is 17.7 Å². The molecule has 0 bridgehead atoms. The van der Waals surface area contributed by atoms with E-state index in [1.54, 1.807) is 0 Å². The summed E-state index contributed by atoms with van der Waals surface area (Å²) in [5.74, 6) is 0. The van der Waals surface area contributed by atoms with Crippen LogP contribution >= 0.6 is 38.9 Å². The lowest BCUT2D eigenvalue weighted by atomic mass is 10.2. The minimum atomic E-state index is 0.703. The Bertz CT molecular complexity index is 492. The number of rotatable bonds is 2. The summed E-state index contributed by atoms with van der Waals surface area (Å²) in [7, 11) is 0. The first kappa shape index (κ1) is 10.1. The Hall–Kier alpha value is -0.380. The zero-order chi connectivity index (χ0) is 10.1. The van der Waals surface area contributed by atoms with Crippen molar-refractivity contribution in [3.8, 4) is 0 Å². The molecular formula is C10H6BrClOS. The molecule has 0 aliphatic heterocycles. The third-order valence-electron chi connectivity index (χ3n) is 1.99. The molecule has 0 aliphatic rings. The summed E-state index contributed by atoms with van der Waals surface area (Å²) in [6, 6.07) is 5.67. The molecule has 0 saturated heterocycles. The van der Waals surface area contributed by atoms with Crippen molar-refractivity contribution in [2.24, 2.45) is 0 Å². The summed E-state index contributed by atoms with van der Waals surface area (Å²) in [6.45, 7) is 0. The fourth-order valence-electron chi connectivity index (χ4n) is 1.33. The average molecular weight is 290 g/mol. The summed E-state index contributed by atoms with van der Waals surface area (Å²) in [4.78, 5) is 11.4. The fraction of sp³-hybridized carbons (Fsp3) is 0.100. The molecule has 2 aromatic rings. The maximum atomic E-state index is 10.6. The zero-order valence-electron chi connectivity index (χ0n) is 7.09. The molecule has 0 radical (unpaired) electrons. The first-order valence-corrected chi connectivity index (χ1v) is 6.30. The Kier molecular flexibility index (Phi) is 2.91. The quantitative estimate of drug-likeness (QED) is 0.596. The van der Waals surface area contributed by atoms with E-state index in [0.717, 1.165) is 26.6 Å². The van der Waals surface area contributed by atoms with Crippen molar-refractivity contribution in [3.63, 3.8) is 0 Å². The number of halogens is 2. The maximum absolute atomic E-state index is 10.6. The Morgan fingerprint density at radius 1 is 1.50 bits per heavy atom. The highest BCUT2D eigenvalue weighted by molar-refractivity contribution is 9.08.